The van der Waals surface area contributed by atoms with Crippen molar-refractivity contribution in [3.8, 4) is 0 Å². The highest BCUT2D eigenvalue weighted by Crippen LogP contribution is 2.29. The van der Waals surface area contributed by atoms with E-state index in [2.05, 4.69) is 10.0 Å². The molecule has 1 saturated carbocycles. The Morgan fingerprint density at radius 2 is 1.85 bits per heavy atom. The van der Waals surface area contributed by atoms with Crippen LogP contribution in [0, 0.1) is 5.92 Å². The highest BCUT2D eigenvalue weighted by molar-refractivity contribution is 7.92. The van der Waals surface area contributed by atoms with Gasteiger partial charge in [0.2, 0.25) is 10.0 Å². The molecule has 7 heteroatoms. The molecule has 1 amide bonds. The zero-order valence-electron chi connectivity index (χ0n) is 14.6. The topological polar surface area (TPSA) is 84.5 Å². The monoisotopic (exact) mass is 374 g/mol. The molecule has 2 aromatic carbocycles. The zero-order chi connectivity index (χ0) is 18.6. The van der Waals surface area contributed by atoms with Crippen LogP contribution in [0.5, 0.6) is 0 Å². The Labute approximate surface area is 153 Å². The molecule has 0 saturated heterocycles. The summed E-state index contributed by atoms with van der Waals surface area (Å²) in [6, 6.07) is 13.9. The Bertz CT molecular complexity index is 892. The van der Waals surface area contributed by atoms with Crippen LogP contribution in [0.15, 0.2) is 48.5 Å². The predicted molar refractivity (Wildman–Crippen MR) is 102 cm³/mol. The molecule has 2 N–H and O–H groups in total. The number of carbonyl (C=O) groups is 1. The summed E-state index contributed by atoms with van der Waals surface area (Å²) < 4.78 is 30.7. The number of ether oxygens (including phenoxy) is 1. The van der Waals surface area contributed by atoms with Crippen molar-refractivity contribution in [1.29, 1.82) is 0 Å². The fraction of sp³-hybridized carbons (Fsp3) is 0.316. The van der Waals surface area contributed by atoms with Crippen LogP contribution in [-0.2, 0) is 21.4 Å². The molecule has 26 heavy (non-hydrogen) atoms. The van der Waals surface area contributed by atoms with E-state index in [0.717, 1.165) is 18.4 Å². The van der Waals surface area contributed by atoms with Crippen molar-refractivity contribution in [3.05, 3.63) is 59.7 Å². The third-order valence-electron chi connectivity index (χ3n) is 3.93. The normalized spacial score (nSPS) is 14.0. The van der Waals surface area contributed by atoms with Gasteiger partial charge < -0.3 is 10.1 Å². The number of carbonyl (C=O) groups excluding carboxylic acids is 1. The van der Waals surface area contributed by atoms with Gasteiger partial charge in [-0.15, -0.1) is 0 Å². The number of amides is 1. The Hall–Kier alpha value is -2.38. The second kappa shape index (κ2) is 7.88. The summed E-state index contributed by atoms with van der Waals surface area (Å²) in [6.45, 7) is 1.31. The first-order valence-electron chi connectivity index (χ1n) is 8.45. The van der Waals surface area contributed by atoms with Gasteiger partial charge in [-0.25, -0.2) is 8.42 Å². The third-order valence-corrected chi connectivity index (χ3v) is 4.54. The first-order valence-corrected chi connectivity index (χ1v) is 10.3. The van der Waals surface area contributed by atoms with E-state index in [4.69, 9.17) is 4.74 Å². The maximum absolute atomic E-state index is 12.4. The van der Waals surface area contributed by atoms with E-state index >= 15 is 0 Å². The van der Waals surface area contributed by atoms with Gasteiger partial charge >= 0.3 is 0 Å². The van der Waals surface area contributed by atoms with Crippen LogP contribution in [0.1, 0.15) is 28.8 Å². The van der Waals surface area contributed by atoms with Crippen LogP contribution < -0.4 is 10.0 Å². The largest absolute Gasteiger partial charge is 0.376 e. The number of anilines is 2. The summed E-state index contributed by atoms with van der Waals surface area (Å²) in [5, 5.41) is 2.83. The highest BCUT2D eigenvalue weighted by atomic mass is 32.2. The molecule has 0 heterocycles. The lowest BCUT2D eigenvalue weighted by molar-refractivity contribution is 0.102. The van der Waals surface area contributed by atoms with Crippen molar-refractivity contribution < 1.29 is 17.9 Å². The molecule has 1 aliphatic carbocycles. The second-order valence-corrected chi connectivity index (χ2v) is 8.32. The Kier molecular flexibility index (Phi) is 5.58. The predicted octanol–water partition coefficient (Wildman–Crippen LogP) is 3.24. The fourth-order valence-electron chi connectivity index (χ4n) is 2.51. The van der Waals surface area contributed by atoms with E-state index in [-0.39, 0.29) is 5.91 Å². The quantitative estimate of drug-likeness (QED) is 0.743. The van der Waals surface area contributed by atoms with Gasteiger partial charge in [-0.3, -0.25) is 9.52 Å². The van der Waals surface area contributed by atoms with E-state index in [9.17, 15) is 13.2 Å². The second-order valence-electron chi connectivity index (χ2n) is 6.57. The van der Waals surface area contributed by atoms with Gasteiger partial charge in [0, 0.05) is 23.5 Å². The molecule has 3 rings (SSSR count). The molecule has 0 atom stereocenters. The fourth-order valence-corrected chi connectivity index (χ4v) is 3.06. The SMILES string of the molecule is CS(=O)(=O)Nc1cccc(C(=O)Nc2cccc(COCC3CC3)c2)c1. The minimum Gasteiger partial charge on any atom is -0.376 e. The molecule has 138 valence electrons. The summed E-state index contributed by atoms with van der Waals surface area (Å²) >= 11 is 0. The molecule has 1 fully saturated rings. The molecular formula is C19H22N2O4S. The van der Waals surface area contributed by atoms with Gasteiger partial charge in [0.1, 0.15) is 0 Å². The van der Waals surface area contributed by atoms with Crippen LogP contribution in [-0.4, -0.2) is 27.2 Å². The van der Waals surface area contributed by atoms with Crippen molar-refractivity contribution in [3.63, 3.8) is 0 Å². The van der Waals surface area contributed by atoms with Gasteiger partial charge in [0.25, 0.3) is 5.91 Å². The van der Waals surface area contributed by atoms with Crippen molar-refractivity contribution in [2.45, 2.75) is 19.4 Å². The smallest absolute Gasteiger partial charge is 0.255 e. The standard InChI is InChI=1S/C19H22N2O4S/c1-26(23,24)21-18-7-3-5-16(11-18)19(22)20-17-6-2-4-15(10-17)13-25-12-14-8-9-14/h2-7,10-11,14,21H,8-9,12-13H2,1H3,(H,20,22). The summed E-state index contributed by atoms with van der Waals surface area (Å²) in [7, 11) is -3.39. The molecule has 0 spiro atoms. The number of benzene rings is 2. The average molecular weight is 374 g/mol. The van der Waals surface area contributed by atoms with Crippen LogP contribution in [0.25, 0.3) is 0 Å². The zero-order valence-corrected chi connectivity index (χ0v) is 15.4. The minimum atomic E-state index is -3.39. The number of rotatable bonds is 8. The maximum atomic E-state index is 12.4. The van der Waals surface area contributed by atoms with Crippen molar-refractivity contribution >= 4 is 27.3 Å². The highest BCUT2D eigenvalue weighted by Gasteiger charge is 2.21. The first kappa shape index (κ1) is 18.4. The van der Waals surface area contributed by atoms with Crippen LogP contribution in [0.3, 0.4) is 0 Å². The van der Waals surface area contributed by atoms with Gasteiger partial charge in [-0.1, -0.05) is 18.2 Å². The molecule has 6 nitrogen and oxygen atoms in total. The van der Waals surface area contributed by atoms with E-state index in [1.807, 2.05) is 18.2 Å². The summed E-state index contributed by atoms with van der Waals surface area (Å²) in [5.41, 5.74) is 2.39. The van der Waals surface area contributed by atoms with Crippen molar-refractivity contribution in [2.24, 2.45) is 5.92 Å². The van der Waals surface area contributed by atoms with Gasteiger partial charge in [-0.05, 0) is 54.7 Å². The molecule has 0 aromatic heterocycles. The molecule has 0 aliphatic heterocycles. The van der Waals surface area contributed by atoms with Crippen molar-refractivity contribution in [1.82, 2.24) is 0 Å². The third kappa shape index (κ3) is 5.86. The average Bonchev–Trinajstić information content (AvgIpc) is 3.38. The molecule has 0 unspecified atom stereocenters. The Morgan fingerprint density at radius 1 is 1.12 bits per heavy atom. The number of sulfonamides is 1. The molecule has 2 aromatic rings. The van der Waals surface area contributed by atoms with Crippen molar-refractivity contribution in [2.75, 3.05) is 22.9 Å². The molecule has 0 radical (unpaired) electrons. The van der Waals surface area contributed by atoms with Gasteiger partial charge in [0.05, 0.1) is 12.9 Å². The molecular weight excluding hydrogens is 352 g/mol. The van der Waals surface area contributed by atoms with Gasteiger partial charge in [0.15, 0.2) is 0 Å². The minimum absolute atomic E-state index is 0.307. The summed E-state index contributed by atoms with van der Waals surface area (Å²) in [5.74, 6) is 0.406. The van der Waals surface area contributed by atoms with Crippen LogP contribution in [0.2, 0.25) is 0 Å². The summed E-state index contributed by atoms with van der Waals surface area (Å²) in [6.07, 6.45) is 3.57. The lowest BCUT2D eigenvalue weighted by Crippen LogP contribution is -2.14. The lowest BCUT2D eigenvalue weighted by Gasteiger charge is -2.09. The molecule has 1 aliphatic rings. The maximum Gasteiger partial charge on any atom is 0.255 e. The van der Waals surface area contributed by atoms with Crippen LogP contribution >= 0.6 is 0 Å². The Morgan fingerprint density at radius 3 is 2.58 bits per heavy atom. The molecule has 0 bridgehead atoms. The first-order chi connectivity index (χ1) is 12.4. The van der Waals surface area contributed by atoms with E-state index in [0.29, 0.717) is 29.5 Å². The van der Waals surface area contributed by atoms with E-state index in [1.165, 1.54) is 18.9 Å². The summed E-state index contributed by atoms with van der Waals surface area (Å²) in [4.78, 5) is 12.4. The van der Waals surface area contributed by atoms with E-state index < -0.39 is 10.0 Å². The lowest BCUT2D eigenvalue weighted by atomic mass is 10.1. The van der Waals surface area contributed by atoms with Crippen LogP contribution in [0.4, 0.5) is 11.4 Å². The Balaban J connectivity index is 1.62. The number of hydrogen-bond acceptors (Lipinski definition) is 4. The number of hydrogen-bond donors (Lipinski definition) is 2. The van der Waals surface area contributed by atoms with Gasteiger partial charge in [-0.2, -0.15) is 0 Å². The number of nitrogens with one attached hydrogen (secondary N) is 2. The van der Waals surface area contributed by atoms with E-state index in [1.54, 1.807) is 24.3 Å².